The van der Waals surface area contributed by atoms with Gasteiger partial charge in [0.1, 0.15) is 0 Å². The van der Waals surface area contributed by atoms with Gasteiger partial charge in [-0.05, 0) is 37.6 Å². The third kappa shape index (κ3) is 2.71. The molecular weight excluding hydrogens is 188 g/mol. The standard InChI is InChI=1S/C12H22N2O/c1-12(6-2-3-7-12)9-14-11(15)10-5-4-8-13-10/h10,13H,2-9H2,1H3,(H,14,15)/t10-/m1/s1. The molecule has 2 N–H and O–H groups in total. The predicted molar refractivity (Wildman–Crippen MR) is 60.6 cm³/mol. The number of nitrogens with one attached hydrogen (secondary N) is 2. The Labute approximate surface area is 92.0 Å². The Morgan fingerprint density at radius 3 is 2.73 bits per heavy atom. The second kappa shape index (κ2) is 4.52. The highest BCUT2D eigenvalue weighted by molar-refractivity contribution is 5.82. The first-order valence-electron chi connectivity index (χ1n) is 6.21. The van der Waals surface area contributed by atoms with E-state index < -0.39 is 0 Å². The van der Waals surface area contributed by atoms with Crippen LogP contribution in [0.25, 0.3) is 0 Å². The van der Waals surface area contributed by atoms with Crippen molar-refractivity contribution < 1.29 is 4.79 Å². The fraction of sp³-hybridized carbons (Fsp3) is 0.917. The summed E-state index contributed by atoms with van der Waals surface area (Å²) in [4.78, 5) is 11.8. The van der Waals surface area contributed by atoms with Gasteiger partial charge in [0.15, 0.2) is 0 Å². The SMILES string of the molecule is CC1(CNC(=O)[C@H]2CCCN2)CCCC1. The zero-order valence-corrected chi connectivity index (χ0v) is 9.64. The highest BCUT2D eigenvalue weighted by Crippen LogP contribution is 2.36. The molecular formula is C12H22N2O. The van der Waals surface area contributed by atoms with Crippen molar-refractivity contribution in [2.45, 2.75) is 51.5 Å². The molecule has 3 heteroatoms. The van der Waals surface area contributed by atoms with E-state index in [0.717, 1.165) is 25.9 Å². The van der Waals surface area contributed by atoms with Gasteiger partial charge in [0.05, 0.1) is 6.04 Å². The summed E-state index contributed by atoms with van der Waals surface area (Å²) in [7, 11) is 0. The maximum Gasteiger partial charge on any atom is 0.237 e. The Morgan fingerprint density at radius 1 is 1.40 bits per heavy atom. The third-order valence-corrected chi connectivity index (χ3v) is 3.88. The molecule has 1 heterocycles. The second-order valence-electron chi connectivity index (χ2n) is 5.38. The van der Waals surface area contributed by atoms with Gasteiger partial charge in [-0.3, -0.25) is 4.79 Å². The van der Waals surface area contributed by atoms with Crippen LogP contribution in [0.2, 0.25) is 0 Å². The number of amides is 1. The fourth-order valence-electron chi connectivity index (χ4n) is 2.74. The van der Waals surface area contributed by atoms with Crippen molar-refractivity contribution >= 4 is 5.91 Å². The lowest BCUT2D eigenvalue weighted by atomic mass is 9.89. The molecule has 0 bridgehead atoms. The number of carbonyl (C=O) groups excluding carboxylic acids is 1. The molecule has 1 saturated heterocycles. The van der Waals surface area contributed by atoms with Crippen molar-refractivity contribution in [2.75, 3.05) is 13.1 Å². The van der Waals surface area contributed by atoms with Crippen molar-refractivity contribution in [3.8, 4) is 0 Å². The molecule has 1 atom stereocenters. The zero-order valence-electron chi connectivity index (χ0n) is 9.64. The molecule has 2 rings (SSSR count). The number of carbonyl (C=O) groups is 1. The first-order valence-corrected chi connectivity index (χ1v) is 6.21. The average Bonchev–Trinajstić information content (AvgIpc) is 2.85. The first-order chi connectivity index (χ1) is 7.20. The largest absolute Gasteiger partial charge is 0.354 e. The quantitative estimate of drug-likeness (QED) is 0.740. The van der Waals surface area contributed by atoms with E-state index in [9.17, 15) is 4.79 Å². The molecule has 15 heavy (non-hydrogen) atoms. The van der Waals surface area contributed by atoms with Crippen molar-refractivity contribution in [1.82, 2.24) is 10.6 Å². The van der Waals surface area contributed by atoms with Gasteiger partial charge in [0, 0.05) is 6.54 Å². The van der Waals surface area contributed by atoms with Crippen LogP contribution in [0.1, 0.15) is 45.4 Å². The third-order valence-electron chi connectivity index (χ3n) is 3.88. The van der Waals surface area contributed by atoms with Crippen molar-refractivity contribution in [3.05, 3.63) is 0 Å². The van der Waals surface area contributed by atoms with Crippen molar-refractivity contribution in [3.63, 3.8) is 0 Å². The van der Waals surface area contributed by atoms with Crippen LogP contribution in [-0.4, -0.2) is 25.0 Å². The minimum absolute atomic E-state index is 0.0787. The first kappa shape index (κ1) is 10.9. The summed E-state index contributed by atoms with van der Waals surface area (Å²) in [5.74, 6) is 0.209. The van der Waals surface area contributed by atoms with Crippen molar-refractivity contribution in [2.24, 2.45) is 5.41 Å². The molecule has 2 aliphatic rings. The van der Waals surface area contributed by atoms with E-state index in [2.05, 4.69) is 17.6 Å². The number of hydrogen-bond donors (Lipinski definition) is 2. The monoisotopic (exact) mass is 210 g/mol. The summed E-state index contributed by atoms with van der Waals surface area (Å²) in [5.41, 5.74) is 0.369. The van der Waals surface area contributed by atoms with Gasteiger partial charge in [-0.25, -0.2) is 0 Å². The van der Waals surface area contributed by atoms with Crippen LogP contribution in [0.15, 0.2) is 0 Å². The summed E-state index contributed by atoms with van der Waals surface area (Å²) in [6.07, 6.45) is 7.33. The van der Waals surface area contributed by atoms with Gasteiger partial charge >= 0.3 is 0 Å². The lowest BCUT2D eigenvalue weighted by molar-refractivity contribution is -0.123. The van der Waals surface area contributed by atoms with Crippen LogP contribution in [0.3, 0.4) is 0 Å². The van der Waals surface area contributed by atoms with Gasteiger partial charge in [-0.2, -0.15) is 0 Å². The highest BCUT2D eigenvalue weighted by atomic mass is 16.2. The van der Waals surface area contributed by atoms with Crippen LogP contribution in [0.5, 0.6) is 0 Å². The zero-order chi connectivity index (χ0) is 10.7. The topological polar surface area (TPSA) is 41.1 Å². The smallest absolute Gasteiger partial charge is 0.237 e. The van der Waals surface area contributed by atoms with Crippen LogP contribution in [0.4, 0.5) is 0 Å². The van der Waals surface area contributed by atoms with E-state index in [-0.39, 0.29) is 11.9 Å². The Morgan fingerprint density at radius 2 is 2.13 bits per heavy atom. The van der Waals surface area contributed by atoms with Crippen LogP contribution in [-0.2, 0) is 4.79 Å². The summed E-state index contributed by atoms with van der Waals surface area (Å²) in [6.45, 7) is 4.15. The van der Waals surface area contributed by atoms with E-state index >= 15 is 0 Å². The van der Waals surface area contributed by atoms with Crippen LogP contribution >= 0.6 is 0 Å². The summed E-state index contributed by atoms with van der Waals surface area (Å²) in [5, 5.41) is 6.34. The Kier molecular flexibility index (Phi) is 3.29. The van der Waals surface area contributed by atoms with Gasteiger partial charge in [-0.1, -0.05) is 19.8 Å². The molecule has 1 aliphatic heterocycles. The van der Waals surface area contributed by atoms with E-state index in [0.29, 0.717) is 5.41 Å². The Bertz CT molecular complexity index is 228. The molecule has 86 valence electrons. The van der Waals surface area contributed by atoms with Gasteiger partial charge < -0.3 is 10.6 Å². The minimum atomic E-state index is 0.0787. The Hall–Kier alpha value is -0.570. The van der Waals surface area contributed by atoms with Crippen LogP contribution < -0.4 is 10.6 Å². The lowest BCUT2D eigenvalue weighted by Crippen LogP contribution is -2.43. The molecule has 1 amide bonds. The molecule has 0 spiro atoms. The second-order valence-corrected chi connectivity index (χ2v) is 5.38. The summed E-state index contributed by atoms with van der Waals surface area (Å²) < 4.78 is 0. The fourth-order valence-corrected chi connectivity index (χ4v) is 2.74. The van der Waals surface area contributed by atoms with Crippen LogP contribution in [0, 0.1) is 5.41 Å². The highest BCUT2D eigenvalue weighted by Gasteiger charge is 2.30. The number of rotatable bonds is 3. The molecule has 0 aromatic rings. The normalized spacial score (nSPS) is 29.3. The maximum absolute atomic E-state index is 11.8. The van der Waals surface area contributed by atoms with E-state index in [1.165, 1.54) is 25.7 Å². The molecule has 1 saturated carbocycles. The predicted octanol–water partition coefficient (Wildman–Crippen LogP) is 1.43. The maximum atomic E-state index is 11.8. The summed E-state index contributed by atoms with van der Waals surface area (Å²) >= 11 is 0. The molecule has 1 aliphatic carbocycles. The van der Waals surface area contributed by atoms with Gasteiger partial charge in [0.2, 0.25) is 5.91 Å². The van der Waals surface area contributed by atoms with Crippen molar-refractivity contribution in [1.29, 1.82) is 0 Å². The molecule has 0 radical (unpaired) electrons. The minimum Gasteiger partial charge on any atom is -0.354 e. The van der Waals surface area contributed by atoms with E-state index in [1.54, 1.807) is 0 Å². The average molecular weight is 210 g/mol. The van der Waals surface area contributed by atoms with Gasteiger partial charge in [0.25, 0.3) is 0 Å². The molecule has 2 fully saturated rings. The summed E-state index contributed by atoms with van der Waals surface area (Å²) in [6, 6.07) is 0.0787. The van der Waals surface area contributed by atoms with Gasteiger partial charge in [-0.15, -0.1) is 0 Å². The van der Waals surface area contributed by atoms with E-state index in [1.807, 2.05) is 0 Å². The molecule has 0 aromatic heterocycles. The molecule has 3 nitrogen and oxygen atoms in total. The van der Waals surface area contributed by atoms with E-state index in [4.69, 9.17) is 0 Å². The number of hydrogen-bond acceptors (Lipinski definition) is 2. The molecule has 0 unspecified atom stereocenters. The molecule has 0 aromatic carbocycles. The lowest BCUT2D eigenvalue weighted by Gasteiger charge is -2.24. The Balaban J connectivity index is 1.74.